The van der Waals surface area contributed by atoms with Crippen molar-refractivity contribution in [2.75, 3.05) is 18.8 Å². The second-order valence-electron chi connectivity index (χ2n) is 3.93. The molecule has 0 aliphatic carbocycles. The minimum Gasteiger partial charge on any atom is -0.388 e. The molecular weight excluding hydrogens is 229 g/mol. The van der Waals surface area contributed by atoms with Crippen LogP contribution in [0.4, 0.5) is 10.2 Å². The fourth-order valence-corrected chi connectivity index (χ4v) is 1.73. The predicted octanol–water partition coefficient (Wildman–Crippen LogP) is -1.02. The highest BCUT2D eigenvalue weighted by atomic mass is 19.1. The van der Waals surface area contributed by atoms with E-state index in [1.165, 1.54) is 4.90 Å². The molecule has 0 spiro atoms. The minimum absolute atomic E-state index is 0.00401. The Bertz CT molecular complexity index is 444. The highest BCUT2D eigenvalue weighted by molar-refractivity contribution is 5.98. The van der Waals surface area contributed by atoms with Crippen LogP contribution in [0.5, 0.6) is 0 Å². The molecule has 1 aromatic rings. The van der Waals surface area contributed by atoms with Crippen molar-refractivity contribution < 1.29 is 19.4 Å². The molecule has 0 saturated carbocycles. The summed E-state index contributed by atoms with van der Waals surface area (Å²) in [5, 5.41) is 18.6. The number of carbonyl (C=O) groups excluding carboxylic acids is 1. The second kappa shape index (κ2) is 4.27. The Labute approximate surface area is 96.5 Å². The number of β-amino-alcohol motifs (C(OH)–C–C–N with tert-alkyl or cyclic N) is 2. The van der Waals surface area contributed by atoms with Crippen molar-refractivity contribution >= 4 is 11.7 Å². The lowest BCUT2D eigenvalue weighted by atomic mass is 10.2. The molecule has 0 radical (unpaired) electrons. The first-order valence-electron chi connectivity index (χ1n) is 5.05. The lowest BCUT2D eigenvalue weighted by molar-refractivity contribution is 0.0572. The summed E-state index contributed by atoms with van der Waals surface area (Å²) in [7, 11) is 0. The Hall–Kier alpha value is -1.73. The summed E-state index contributed by atoms with van der Waals surface area (Å²) in [6.07, 6.45) is -1.05. The summed E-state index contributed by atoms with van der Waals surface area (Å²) >= 11 is 0. The lowest BCUT2D eigenvalue weighted by Gasteiger charge is -2.16. The van der Waals surface area contributed by atoms with Gasteiger partial charge in [-0.1, -0.05) is 0 Å². The Morgan fingerprint density at radius 2 is 2.06 bits per heavy atom. The van der Waals surface area contributed by atoms with Gasteiger partial charge in [-0.25, -0.2) is 9.37 Å². The molecule has 17 heavy (non-hydrogen) atoms. The molecule has 0 aromatic carbocycles. The molecule has 1 aromatic heterocycles. The third-order valence-electron chi connectivity index (χ3n) is 2.66. The molecule has 7 heteroatoms. The average Bonchev–Trinajstić information content (AvgIpc) is 2.62. The van der Waals surface area contributed by atoms with Gasteiger partial charge < -0.3 is 20.8 Å². The van der Waals surface area contributed by atoms with Gasteiger partial charge in [0.1, 0.15) is 11.6 Å². The number of nitrogen functional groups attached to an aromatic ring is 1. The number of hydrogen-bond donors (Lipinski definition) is 3. The third-order valence-corrected chi connectivity index (χ3v) is 2.66. The van der Waals surface area contributed by atoms with Crippen LogP contribution in [0, 0.1) is 5.82 Å². The maximum absolute atomic E-state index is 13.0. The SMILES string of the molecule is Nc1ncc(F)cc1C(=O)N1CC(O)C(O)C1. The van der Waals surface area contributed by atoms with Crippen LogP contribution >= 0.6 is 0 Å². The molecular formula is C10H12FN3O3. The number of likely N-dealkylation sites (tertiary alicyclic amines) is 1. The molecule has 92 valence electrons. The number of nitrogens with zero attached hydrogens (tertiary/aromatic N) is 2. The topological polar surface area (TPSA) is 99.7 Å². The minimum atomic E-state index is -0.985. The molecule has 2 heterocycles. The smallest absolute Gasteiger partial charge is 0.257 e. The summed E-state index contributed by atoms with van der Waals surface area (Å²) in [5.74, 6) is -1.29. The second-order valence-corrected chi connectivity index (χ2v) is 3.93. The number of halogens is 1. The summed E-state index contributed by atoms with van der Waals surface area (Å²) in [5.41, 5.74) is 5.41. The van der Waals surface area contributed by atoms with E-state index >= 15 is 0 Å². The molecule has 6 nitrogen and oxygen atoms in total. The van der Waals surface area contributed by atoms with Gasteiger partial charge in [-0.2, -0.15) is 0 Å². The van der Waals surface area contributed by atoms with Crippen molar-refractivity contribution in [2.45, 2.75) is 12.2 Å². The number of anilines is 1. The van der Waals surface area contributed by atoms with E-state index in [1.54, 1.807) is 0 Å². The standard InChI is InChI=1S/C10H12FN3O3/c11-5-1-6(9(12)13-2-5)10(17)14-3-7(15)8(16)4-14/h1-2,7-8,15-16H,3-4H2,(H2,12,13). The zero-order valence-electron chi connectivity index (χ0n) is 8.88. The Kier molecular flexibility index (Phi) is 2.95. The van der Waals surface area contributed by atoms with Crippen molar-refractivity contribution in [1.82, 2.24) is 9.88 Å². The van der Waals surface area contributed by atoms with E-state index in [9.17, 15) is 19.4 Å². The first-order chi connectivity index (χ1) is 7.99. The molecule has 1 fully saturated rings. The van der Waals surface area contributed by atoms with Gasteiger partial charge in [0.25, 0.3) is 5.91 Å². The van der Waals surface area contributed by atoms with Crippen molar-refractivity contribution in [3.63, 3.8) is 0 Å². The zero-order valence-corrected chi connectivity index (χ0v) is 8.88. The van der Waals surface area contributed by atoms with E-state index in [2.05, 4.69) is 4.98 Å². The van der Waals surface area contributed by atoms with Crippen LogP contribution in [0.15, 0.2) is 12.3 Å². The molecule has 1 saturated heterocycles. The maximum Gasteiger partial charge on any atom is 0.257 e. The van der Waals surface area contributed by atoms with Crippen LogP contribution in [-0.2, 0) is 0 Å². The van der Waals surface area contributed by atoms with Gasteiger partial charge in [0.15, 0.2) is 0 Å². The average molecular weight is 241 g/mol. The maximum atomic E-state index is 13.0. The number of aromatic nitrogens is 1. The normalized spacial score (nSPS) is 24.1. The van der Waals surface area contributed by atoms with Crippen molar-refractivity contribution in [3.05, 3.63) is 23.6 Å². The number of aliphatic hydroxyl groups excluding tert-OH is 2. The number of amides is 1. The number of rotatable bonds is 1. The fourth-order valence-electron chi connectivity index (χ4n) is 1.73. The molecule has 1 amide bonds. The van der Waals surface area contributed by atoms with Gasteiger partial charge in [0.05, 0.1) is 24.0 Å². The van der Waals surface area contributed by atoms with E-state index < -0.39 is 23.9 Å². The van der Waals surface area contributed by atoms with Gasteiger partial charge in [-0.3, -0.25) is 4.79 Å². The van der Waals surface area contributed by atoms with Crippen LogP contribution in [0.1, 0.15) is 10.4 Å². The first kappa shape index (κ1) is 11.7. The van der Waals surface area contributed by atoms with Crippen molar-refractivity contribution in [2.24, 2.45) is 0 Å². The van der Waals surface area contributed by atoms with E-state index in [0.29, 0.717) is 0 Å². The van der Waals surface area contributed by atoms with Gasteiger partial charge in [0, 0.05) is 13.1 Å². The van der Waals surface area contributed by atoms with Gasteiger partial charge in [-0.05, 0) is 6.07 Å². The number of pyridine rings is 1. The number of nitrogens with two attached hydrogens (primary N) is 1. The summed E-state index contributed by atoms with van der Waals surface area (Å²) in [6, 6.07) is 0.988. The summed E-state index contributed by atoms with van der Waals surface area (Å²) < 4.78 is 13.0. The molecule has 2 atom stereocenters. The van der Waals surface area contributed by atoms with E-state index in [1.807, 2.05) is 0 Å². The monoisotopic (exact) mass is 241 g/mol. The number of carbonyl (C=O) groups is 1. The Balaban J connectivity index is 2.23. The van der Waals surface area contributed by atoms with E-state index in [-0.39, 0.29) is 24.5 Å². The van der Waals surface area contributed by atoms with Gasteiger partial charge >= 0.3 is 0 Å². The first-order valence-corrected chi connectivity index (χ1v) is 5.05. The molecule has 4 N–H and O–H groups in total. The number of hydrogen-bond acceptors (Lipinski definition) is 5. The van der Waals surface area contributed by atoms with Crippen LogP contribution in [0.3, 0.4) is 0 Å². The van der Waals surface area contributed by atoms with Crippen LogP contribution in [0.2, 0.25) is 0 Å². The number of aliphatic hydroxyl groups is 2. The molecule has 1 aliphatic heterocycles. The Morgan fingerprint density at radius 3 is 2.65 bits per heavy atom. The molecule has 2 rings (SSSR count). The van der Waals surface area contributed by atoms with Crippen LogP contribution < -0.4 is 5.73 Å². The summed E-state index contributed by atoms with van der Waals surface area (Å²) in [6.45, 7) is -0.00803. The lowest BCUT2D eigenvalue weighted by Crippen LogP contribution is -2.30. The highest BCUT2D eigenvalue weighted by Crippen LogP contribution is 2.17. The molecule has 2 unspecified atom stereocenters. The molecule has 0 bridgehead atoms. The zero-order chi connectivity index (χ0) is 12.6. The van der Waals surface area contributed by atoms with Crippen LogP contribution in [-0.4, -0.2) is 51.3 Å². The predicted molar refractivity (Wildman–Crippen MR) is 56.5 cm³/mol. The fraction of sp³-hybridized carbons (Fsp3) is 0.400. The highest BCUT2D eigenvalue weighted by Gasteiger charge is 2.33. The van der Waals surface area contributed by atoms with Crippen molar-refractivity contribution in [3.8, 4) is 0 Å². The quantitative estimate of drug-likeness (QED) is 0.584. The largest absolute Gasteiger partial charge is 0.388 e. The van der Waals surface area contributed by atoms with Crippen molar-refractivity contribution in [1.29, 1.82) is 0 Å². The Morgan fingerprint density at radius 1 is 1.47 bits per heavy atom. The van der Waals surface area contributed by atoms with Gasteiger partial charge in [-0.15, -0.1) is 0 Å². The van der Waals surface area contributed by atoms with E-state index in [4.69, 9.17) is 5.73 Å². The summed E-state index contributed by atoms with van der Waals surface area (Å²) in [4.78, 5) is 16.7. The van der Waals surface area contributed by atoms with Crippen LogP contribution in [0.25, 0.3) is 0 Å². The third kappa shape index (κ3) is 2.20. The molecule has 1 aliphatic rings. The van der Waals surface area contributed by atoms with Gasteiger partial charge in [0.2, 0.25) is 0 Å². The van der Waals surface area contributed by atoms with E-state index in [0.717, 1.165) is 12.3 Å².